The lowest BCUT2D eigenvalue weighted by Gasteiger charge is -2.27. The van der Waals surface area contributed by atoms with Crippen molar-refractivity contribution in [3.63, 3.8) is 0 Å². The Hall–Kier alpha value is -1.44. The van der Waals surface area contributed by atoms with Gasteiger partial charge in [0.2, 0.25) is 0 Å². The average Bonchev–Trinajstić information content (AvgIpc) is 2.96. The zero-order valence-electron chi connectivity index (χ0n) is 14.0. The third-order valence-corrected chi connectivity index (χ3v) is 5.95. The molecule has 7 heteroatoms. The Morgan fingerprint density at radius 1 is 1.04 bits per heavy atom. The molecular formula is C19H20BrF2N2OS+. The van der Waals surface area contributed by atoms with Gasteiger partial charge in [-0.25, -0.2) is 4.58 Å². The molecule has 2 aromatic carbocycles. The largest absolute Gasteiger partial charge is 0.386 e. The predicted molar refractivity (Wildman–Crippen MR) is 106 cm³/mol. The number of hydrogen-bond acceptors (Lipinski definition) is 3. The molecule has 2 aliphatic heterocycles. The normalized spacial score (nSPS) is 22.4. The van der Waals surface area contributed by atoms with Crippen molar-refractivity contribution in [2.75, 3.05) is 18.8 Å². The molecule has 4 rings (SSSR count). The smallest absolute Gasteiger partial charge is 0.346 e. The van der Waals surface area contributed by atoms with Gasteiger partial charge in [-0.2, -0.15) is 13.7 Å². The van der Waals surface area contributed by atoms with Gasteiger partial charge < -0.3 is 5.11 Å². The summed E-state index contributed by atoms with van der Waals surface area (Å²) in [7, 11) is 0. The molecule has 0 aliphatic carbocycles. The molecule has 0 amide bonds. The summed E-state index contributed by atoms with van der Waals surface area (Å²) in [5.41, 5.74) is 0.848. The van der Waals surface area contributed by atoms with Crippen molar-refractivity contribution in [2.45, 2.75) is 18.7 Å². The SMILES string of the molecule is Br.OC1(c2ccc(-c3ccccc3)cc2)C[N+]2=C(SCCC2)N1C(F)F. The third-order valence-electron chi connectivity index (χ3n) is 4.74. The molecule has 0 spiro atoms. The van der Waals surface area contributed by atoms with Crippen molar-refractivity contribution < 1.29 is 18.5 Å². The fourth-order valence-corrected chi connectivity index (χ4v) is 4.67. The van der Waals surface area contributed by atoms with Gasteiger partial charge in [0, 0.05) is 11.3 Å². The number of thioether (sulfide) groups is 1. The lowest BCUT2D eigenvalue weighted by molar-refractivity contribution is -0.533. The van der Waals surface area contributed by atoms with E-state index >= 15 is 0 Å². The number of aliphatic hydroxyl groups is 1. The molecule has 2 aliphatic rings. The Balaban J connectivity index is 0.00000196. The minimum Gasteiger partial charge on any atom is -0.346 e. The summed E-state index contributed by atoms with van der Waals surface area (Å²) in [6.45, 7) is -1.87. The van der Waals surface area contributed by atoms with Crippen LogP contribution in [0.25, 0.3) is 11.1 Å². The number of amidine groups is 1. The van der Waals surface area contributed by atoms with Gasteiger partial charge in [0.25, 0.3) is 5.72 Å². The van der Waals surface area contributed by atoms with E-state index in [0.717, 1.165) is 28.2 Å². The van der Waals surface area contributed by atoms with Crippen LogP contribution in [0, 0.1) is 0 Å². The average molecular weight is 442 g/mol. The Morgan fingerprint density at radius 2 is 1.69 bits per heavy atom. The second-order valence-electron chi connectivity index (χ2n) is 6.31. The maximum absolute atomic E-state index is 13.7. The van der Waals surface area contributed by atoms with E-state index in [2.05, 4.69) is 0 Å². The number of rotatable bonds is 3. The standard InChI is InChI=1S/C19H19F2N2OS.BrH/c20-17(21)23-18-22(11-4-12-25-18)13-19(23,24)16-9-7-15(8-10-16)14-5-2-1-3-6-14;/h1-3,5-10,17,24H,4,11-13H2;1H/q+1;. The van der Waals surface area contributed by atoms with Gasteiger partial charge in [0.15, 0.2) is 6.54 Å². The molecular weight excluding hydrogens is 422 g/mol. The predicted octanol–water partition coefficient (Wildman–Crippen LogP) is 4.12. The Morgan fingerprint density at radius 3 is 2.35 bits per heavy atom. The summed E-state index contributed by atoms with van der Waals surface area (Å²) < 4.78 is 29.3. The van der Waals surface area contributed by atoms with E-state index in [9.17, 15) is 13.9 Å². The molecule has 3 nitrogen and oxygen atoms in total. The Labute approximate surface area is 166 Å². The van der Waals surface area contributed by atoms with Crippen molar-refractivity contribution in [1.82, 2.24) is 4.90 Å². The van der Waals surface area contributed by atoms with Gasteiger partial charge in [-0.05, 0) is 29.3 Å². The molecule has 2 heterocycles. The fourth-order valence-electron chi connectivity index (χ4n) is 3.51. The van der Waals surface area contributed by atoms with Gasteiger partial charge in [-0.3, -0.25) is 0 Å². The van der Waals surface area contributed by atoms with E-state index in [-0.39, 0.29) is 23.5 Å². The maximum Gasteiger partial charge on any atom is 0.386 e. The van der Waals surface area contributed by atoms with Crippen LogP contribution in [0.5, 0.6) is 0 Å². The summed E-state index contributed by atoms with van der Waals surface area (Å²) in [5, 5.41) is 11.6. The number of hydrogen-bond donors (Lipinski definition) is 1. The fraction of sp³-hybridized carbons (Fsp3) is 0.316. The highest BCUT2D eigenvalue weighted by Crippen LogP contribution is 2.38. The van der Waals surface area contributed by atoms with Crippen LogP contribution in [0.2, 0.25) is 0 Å². The van der Waals surface area contributed by atoms with Crippen LogP contribution >= 0.6 is 28.7 Å². The third kappa shape index (κ3) is 3.28. The van der Waals surface area contributed by atoms with Crippen LogP contribution in [0.3, 0.4) is 0 Å². The van der Waals surface area contributed by atoms with E-state index in [0.29, 0.717) is 17.3 Å². The summed E-state index contributed by atoms with van der Waals surface area (Å²) in [5.74, 6) is 0.804. The first-order valence-electron chi connectivity index (χ1n) is 8.30. The summed E-state index contributed by atoms with van der Waals surface area (Å²) >= 11 is 1.40. The molecule has 0 fully saturated rings. The van der Waals surface area contributed by atoms with E-state index in [4.69, 9.17) is 0 Å². The van der Waals surface area contributed by atoms with Crippen molar-refractivity contribution in [1.29, 1.82) is 0 Å². The van der Waals surface area contributed by atoms with Gasteiger partial charge in [0.1, 0.15) is 0 Å². The van der Waals surface area contributed by atoms with E-state index < -0.39 is 12.3 Å². The second-order valence-corrected chi connectivity index (χ2v) is 7.38. The molecule has 0 aromatic heterocycles. The lowest BCUT2D eigenvalue weighted by atomic mass is 9.98. The first-order valence-corrected chi connectivity index (χ1v) is 9.29. The van der Waals surface area contributed by atoms with E-state index in [1.807, 2.05) is 47.0 Å². The van der Waals surface area contributed by atoms with Crippen molar-refractivity contribution in [2.24, 2.45) is 0 Å². The van der Waals surface area contributed by atoms with Crippen LogP contribution in [0.4, 0.5) is 8.78 Å². The highest BCUT2D eigenvalue weighted by molar-refractivity contribution is 8.93. The van der Waals surface area contributed by atoms with Gasteiger partial charge >= 0.3 is 11.7 Å². The molecule has 1 unspecified atom stereocenters. The molecule has 0 bridgehead atoms. The molecule has 2 aromatic rings. The zero-order valence-corrected chi connectivity index (χ0v) is 16.5. The summed E-state index contributed by atoms with van der Waals surface area (Å²) in [6.07, 6.45) is 0.939. The van der Waals surface area contributed by atoms with Crippen LogP contribution in [0.1, 0.15) is 12.0 Å². The first kappa shape index (κ1) is 19.3. The molecule has 0 saturated heterocycles. The van der Waals surface area contributed by atoms with Gasteiger partial charge in [-0.15, -0.1) is 17.0 Å². The van der Waals surface area contributed by atoms with Crippen molar-refractivity contribution in [3.8, 4) is 11.1 Å². The summed E-state index contributed by atoms with van der Waals surface area (Å²) in [6, 6.07) is 17.1. The number of nitrogens with zero attached hydrogens (tertiary/aromatic N) is 2. The number of benzene rings is 2. The quantitative estimate of drug-likeness (QED) is 0.573. The Kier molecular flexibility index (Phi) is 5.69. The van der Waals surface area contributed by atoms with Gasteiger partial charge in [-0.1, -0.05) is 54.6 Å². The first-order chi connectivity index (χ1) is 12.1. The van der Waals surface area contributed by atoms with Gasteiger partial charge in [0.05, 0.1) is 6.54 Å². The van der Waals surface area contributed by atoms with Crippen LogP contribution < -0.4 is 0 Å². The second kappa shape index (κ2) is 7.66. The number of alkyl halides is 2. The topological polar surface area (TPSA) is 26.5 Å². The monoisotopic (exact) mass is 441 g/mol. The highest BCUT2D eigenvalue weighted by Gasteiger charge is 2.57. The van der Waals surface area contributed by atoms with E-state index in [1.165, 1.54) is 11.8 Å². The van der Waals surface area contributed by atoms with Crippen LogP contribution in [0.15, 0.2) is 54.6 Å². The zero-order chi connectivity index (χ0) is 17.4. The van der Waals surface area contributed by atoms with Crippen molar-refractivity contribution >= 4 is 33.9 Å². The van der Waals surface area contributed by atoms with E-state index in [1.54, 1.807) is 12.1 Å². The highest BCUT2D eigenvalue weighted by atomic mass is 79.9. The minimum atomic E-state index is -2.75. The molecule has 1 atom stereocenters. The Bertz CT molecular complexity index is 801. The van der Waals surface area contributed by atoms with Crippen molar-refractivity contribution in [3.05, 3.63) is 60.2 Å². The van der Waals surface area contributed by atoms with Crippen LogP contribution in [-0.4, -0.2) is 45.1 Å². The lowest BCUT2D eigenvalue weighted by Crippen LogP contribution is -2.49. The van der Waals surface area contributed by atoms with Crippen LogP contribution in [-0.2, 0) is 5.72 Å². The minimum absolute atomic E-state index is 0. The molecule has 138 valence electrons. The molecule has 0 saturated carbocycles. The maximum atomic E-state index is 13.7. The number of halogens is 3. The molecule has 26 heavy (non-hydrogen) atoms. The molecule has 1 N–H and O–H groups in total. The summed E-state index contributed by atoms with van der Waals surface area (Å²) in [4.78, 5) is 0.869. The molecule has 0 radical (unpaired) electrons.